The first-order valence-corrected chi connectivity index (χ1v) is 6.91. The van der Waals surface area contributed by atoms with Crippen molar-refractivity contribution < 1.29 is 24.7 Å². The lowest BCUT2D eigenvalue weighted by molar-refractivity contribution is -0.414. The highest BCUT2D eigenvalue weighted by atomic mass is 16.5. The lowest BCUT2D eigenvalue weighted by atomic mass is 10.1. The molecule has 0 heterocycles. The minimum absolute atomic E-state index is 0.389. The van der Waals surface area contributed by atoms with Crippen LogP contribution >= 0.6 is 0 Å². The fraction of sp³-hybridized carbons (Fsp3) is 0.235. The van der Waals surface area contributed by atoms with E-state index in [0.717, 1.165) is 11.1 Å². The van der Waals surface area contributed by atoms with E-state index >= 15 is 0 Å². The van der Waals surface area contributed by atoms with Crippen LogP contribution in [0.25, 0.3) is 0 Å². The Bertz CT molecular complexity index is 628. The van der Waals surface area contributed by atoms with E-state index in [9.17, 15) is 4.79 Å². The van der Waals surface area contributed by atoms with E-state index in [0.29, 0.717) is 18.1 Å². The van der Waals surface area contributed by atoms with Crippen molar-refractivity contribution in [1.82, 2.24) is 0 Å². The van der Waals surface area contributed by atoms with Gasteiger partial charge in [0.1, 0.15) is 6.61 Å². The first kappa shape index (κ1) is 15.9. The quantitative estimate of drug-likeness (QED) is 0.825. The first-order chi connectivity index (χ1) is 10.7. The summed E-state index contributed by atoms with van der Waals surface area (Å²) in [6.07, 6.45) is 0. The zero-order chi connectivity index (χ0) is 15.9. The summed E-state index contributed by atoms with van der Waals surface area (Å²) in [6, 6.07) is 14.6. The van der Waals surface area contributed by atoms with Gasteiger partial charge in [-0.15, -0.1) is 0 Å². The summed E-state index contributed by atoms with van der Waals surface area (Å²) in [4.78, 5) is 11.6. The van der Waals surface area contributed by atoms with Gasteiger partial charge in [-0.2, -0.15) is 0 Å². The predicted octanol–water partition coefficient (Wildman–Crippen LogP) is 1.73. The molecule has 0 aliphatic carbocycles. The molecule has 0 amide bonds. The molecule has 3 N–H and O–H groups in total. The second-order valence-electron chi connectivity index (χ2n) is 4.76. The second-order valence-corrected chi connectivity index (χ2v) is 4.76. The van der Waals surface area contributed by atoms with E-state index < -0.39 is 6.04 Å². The Balaban J connectivity index is 2.14. The smallest absolute Gasteiger partial charge is 0.369 e. The molecule has 0 radical (unpaired) electrons. The van der Waals surface area contributed by atoms with E-state index in [1.54, 1.807) is 25.3 Å². The number of ether oxygens (including phenoxy) is 3. The number of carbonyl (C=O) groups is 1. The molecule has 2 aromatic rings. The highest BCUT2D eigenvalue weighted by molar-refractivity contribution is 5.76. The van der Waals surface area contributed by atoms with Gasteiger partial charge in [-0.25, -0.2) is 4.79 Å². The molecule has 0 saturated heterocycles. The third-order valence-electron chi connectivity index (χ3n) is 3.31. The molecular formula is C17H20NO4+. The molecule has 0 aromatic heterocycles. The summed E-state index contributed by atoms with van der Waals surface area (Å²) in [5.41, 5.74) is 5.59. The standard InChI is InChI=1S/C17H19NO4/c1-20-15-10-13(16(18)17(19)21-2)8-9-14(15)22-11-12-6-4-3-5-7-12/h3-10,16H,11,18H2,1-2H3/p+1/t16-/m1/s1. The molecule has 0 unspecified atom stereocenters. The van der Waals surface area contributed by atoms with Gasteiger partial charge in [0, 0.05) is 5.56 Å². The third-order valence-corrected chi connectivity index (χ3v) is 3.31. The van der Waals surface area contributed by atoms with Gasteiger partial charge in [-0.1, -0.05) is 30.3 Å². The Morgan fingerprint density at radius 2 is 1.82 bits per heavy atom. The number of hydrogen-bond donors (Lipinski definition) is 1. The average molecular weight is 302 g/mol. The highest BCUT2D eigenvalue weighted by Gasteiger charge is 2.21. The maximum absolute atomic E-state index is 11.6. The molecule has 5 heteroatoms. The Hall–Kier alpha value is -2.53. The molecule has 22 heavy (non-hydrogen) atoms. The van der Waals surface area contributed by atoms with Gasteiger partial charge < -0.3 is 19.9 Å². The number of methoxy groups -OCH3 is 2. The Labute approximate surface area is 129 Å². The highest BCUT2D eigenvalue weighted by Crippen LogP contribution is 2.30. The summed E-state index contributed by atoms with van der Waals surface area (Å²) in [6.45, 7) is 0.446. The van der Waals surface area contributed by atoms with Crippen LogP contribution in [0.4, 0.5) is 0 Å². The minimum Gasteiger partial charge on any atom is -0.493 e. The summed E-state index contributed by atoms with van der Waals surface area (Å²) in [7, 11) is 2.90. The molecule has 5 nitrogen and oxygen atoms in total. The Morgan fingerprint density at radius 3 is 2.45 bits per heavy atom. The monoisotopic (exact) mass is 302 g/mol. The van der Waals surface area contributed by atoms with Gasteiger partial charge >= 0.3 is 5.97 Å². The zero-order valence-electron chi connectivity index (χ0n) is 12.7. The molecule has 0 fully saturated rings. The normalized spacial score (nSPS) is 11.6. The Morgan fingerprint density at radius 1 is 1.09 bits per heavy atom. The summed E-state index contributed by atoms with van der Waals surface area (Å²) >= 11 is 0. The van der Waals surface area contributed by atoms with E-state index in [-0.39, 0.29) is 5.97 Å². The fourth-order valence-corrected chi connectivity index (χ4v) is 2.03. The van der Waals surface area contributed by atoms with Crippen molar-refractivity contribution in [3.05, 3.63) is 59.7 Å². The molecule has 0 aliphatic heterocycles. The van der Waals surface area contributed by atoms with E-state index in [1.165, 1.54) is 7.11 Å². The molecule has 0 saturated carbocycles. The van der Waals surface area contributed by atoms with Crippen molar-refractivity contribution in [2.75, 3.05) is 14.2 Å². The van der Waals surface area contributed by atoms with E-state index in [4.69, 9.17) is 14.2 Å². The van der Waals surface area contributed by atoms with Crippen LogP contribution in [0.1, 0.15) is 17.2 Å². The van der Waals surface area contributed by atoms with Crippen molar-refractivity contribution >= 4 is 5.97 Å². The number of carbonyl (C=O) groups excluding carboxylic acids is 1. The SMILES string of the molecule is COC(=O)[C@H]([NH3+])c1ccc(OCc2ccccc2)c(OC)c1. The maximum Gasteiger partial charge on any atom is 0.369 e. The van der Waals surface area contributed by atoms with Gasteiger partial charge in [-0.3, -0.25) is 0 Å². The average Bonchev–Trinajstić information content (AvgIpc) is 2.59. The largest absolute Gasteiger partial charge is 0.493 e. The topological polar surface area (TPSA) is 72.4 Å². The number of esters is 1. The number of quaternary nitrogens is 1. The Kier molecular flexibility index (Phi) is 5.38. The molecule has 1 atom stereocenters. The van der Waals surface area contributed by atoms with Gasteiger partial charge in [0.2, 0.25) is 6.04 Å². The zero-order valence-corrected chi connectivity index (χ0v) is 12.7. The van der Waals surface area contributed by atoms with Crippen LogP contribution in [0.3, 0.4) is 0 Å². The molecule has 0 spiro atoms. The van der Waals surface area contributed by atoms with Gasteiger partial charge in [0.25, 0.3) is 0 Å². The first-order valence-electron chi connectivity index (χ1n) is 6.91. The van der Waals surface area contributed by atoms with Crippen molar-refractivity contribution in [2.24, 2.45) is 0 Å². The summed E-state index contributed by atoms with van der Waals surface area (Å²) < 4.78 is 15.8. The molecule has 2 aromatic carbocycles. The lowest BCUT2D eigenvalue weighted by Gasteiger charge is -2.13. The molecular weight excluding hydrogens is 282 g/mol. The summed E-state index contributed by atoms with van der Waals surface area (Å²) in [5, 5.41) is 0. The molecule has 0 aliphatic rings. The maximum atomic E-state index is 11.6. The molecule has 116 valence electrons. The fourth-order valence-electron chi connectivity index (χ4n) is 2.03. The van der Waals surface area contributed by atoms with Crippen LogP contribution in [0.15, 0.2) is 48.5 Å². The van der Waals surface area contributed by atoms with Crippen molar-refractivity contribution in [3.63, 3.8) is 0 Å². The van der Waals surface area contributed by atoms with E-state index in [1.807, 2.05) is 30.3 Å². The van der Waals surface area contributed by atoms with Crippen LogP contribution < -0.4 is 15.2 Å². The second kappa shape index (κ2) is 7.47. The molecule has 2 rings (SSSR count). The number of benzene rings is 2. The van der Waals surface area contributed by atoms with Crippen molar-refractivity contribution in [3.8, 4) is 11.5 Å². The van der Waals surface area contributed by atoms with Crippen molar-refractivity contribution in [1.29, 1.82) is 0 Å². The van der Waals surface area contributed by atoms with E-state index in [2.05, 4.69) is 5.73 Å². The third kappa shape index (κ3) is 3.77. The van der Waals surface area contributed by atoms with Crippen molar-refractivity contribution in [2.45, 2.75) is 12.6 Å². The minimum atomic E-state index is -0.595. The van der Waals surface area contributed by atoms with Crippen LogP contribution in [-0.2, 0) is 16.1 Å². The summed E-state index contributed by atoms with van der Waals surface area (Å²) in [5.74, 6) is 0.790. The van der Waals surface area contributed by atoms with Crippen LogP contribution in [0.2, 0.25) is 0 Å². The van der Waals surface area contributed by atoms with Crippen LogP contribution in [0.5, 0.6) is 11.5 Å². The van der Waals surface area contributed by atoms with Crippen LogP contribution in [0, 0.1) is 0 Å². The van der Waals surface area contributed by atoms with Crippen LogP contribution in [-0.4, -0.2) is 20.2 Å². The predicted molar refractivity (Wildman–Crippen MR) is 81.4 cm³/mol. The number of hydrogen-bond acceptors (Lipinski definition) is 4. The lowest BCUT2D eigenvalue weighted by Crippen LogP contribution is -2.57. The van der Waals surface area contributed by atoms with Gasteiger partial charge in [-0.05, 0) is 23.8 Å². The molecule has 0 bridgehead atoms. The van der Waals surface area contributed by atoms with Gasteiger partial charge in [0.05, 0.1) is 14.2 Å². The number of rotatable bonds is 6. The van der Waals surface area contributed by atoms with Gasteiger partial charge in [0.15, 0.2) is 11.5 Å².